The summed E-state index contributed by atoms with van der Waals surface area (Å²) in [5.41, 5.74) is 2.27. The predicted octanol–water partition coefficient (Wildman–Crippen LogP) is 2.44. The molecule has 0 spiro atoms. The highest BCUT2D eigenvalue weighted by Gasteiger charge is 2.23. The molecule has 0 bridgehead atoms. The number of piperidine rings is 1. The Bertz CT molecular complexity index is 502. The molecular weight excluding hydrogens is 276 g/mol. The summed E-state index contributed by atoms with van der Waals surface area (Å²) in [6.07, 6.45) is 3.64. The fourth-order valence-electron chi connectivity index (χ4n) is 2.79. The van der Waals surface area contributed by atoms with E-state index in [1.165, 1.54) is 5.56 Å². The van der Waals surface area contributed by atoms with E-state index in [0.717, 1.165) is 37.9 Å². The number of hydrogen-bond donors (Lipinski definition) is 1. The van der Waals surface area contributed by atoms with Gasteiger partial charge in [0, 0.05) is 25.6 Å². The van der Waals surface area contributed by atoms with Crippen LogP contribution in [0.5, 0.6) is 0 Å². The Morgan fingerprint density at radius 3 is 2.41 bits per heavy atom. The highest BCUT2D eigenvalue weighted by atomic mass is 16.2. The molecule has 120 valence electrons. The summed E-state index contributed by atoms with van der Waals surface area (Å²) in [5, 5.41) is 3.06. The molecule has 2 rings (SSSR count). The van der Waals surface area contributed by atoms with Gasteiger partial charge in [0.15, 0.2) is 0 Å². The van der Waals surface area contributed by atoms with Crippen LogP contribution >= 0.6 is 0 Å². The largest absolute Gasteiger partial charge is 0.353 e. The molecule has 0 saturated carbocycles. The Kier molecular flexibility index (Phi) is 5.99. The highest BCUT2D eigenvalue weighted by molar-refractivity contribution is 5.79. The van der Waals surface area contributed by atoms with E-state index < -0.39 is 0 Å². The summed E-state index contributed by atoms with van der Waals surface area (Å²) in [7, 11) is 0. The monoisotopic (exact) mass is 302 g/mol. The van der Waals surface area contributed by atoms with Gasteiger partial charge in [0.25, 0.3) is 0 Å². The van der Waals surface area contributed by atoms with E-state index in [-0.39, 0.29) is 17.9 Å². The van der Waals surface area contributed by atoms with E-state index in [1.807, 2.05) is 43.0 Å². The molecule has 0 aromatic heterocycles. The van der Waals surface area contributed by atoms with E-state index in [1.54, 1.807) is 0 Å². The first-order chi connectivity index (χ1) is 10.6. The topological polar surface area (TPSA) is 49.4 Å². The van der Waals surface area contributed by atoms with Crippen molar-refractivity contribution in [2.24, 2.45) is 0 Å². The third kappa shape index (κ3) is 4.86. The number of benzene rings is 1. The predicted molar refractivity (Wildman–Crippen MR) is 87.5 cm³/mol. The molecule has 1 heterocycles. The molecule has 0 radical (unpaired) electrons. The molecule has 1 N–H and O–H groups in total. The van der Waals surface area contributed by atoms with Crippen molar-refractivity contribution in [1.82, 2.24) is 10.2 Å². The molecule has 0 unspecified atom stereocenters. The van der Waals surface area contributed by atoms with E-state index in [0.29, 0.717) is 12.8 Å². The minimum absolute atomic E-state index is 0.131. The van der Waals surface area contributed by atoms with Crippen LogP contribution in [-0.2, 0) is 16.0 Å². The molecule has 1 aliphatic heterocycles. The summed E-state index contributed by atoms with van der Waals surface area (Å²) >= 11 is 0. The number of nitrogens with zero attached hydrogens (tertiary/aromatic N) is 1. The average molecular weight is 302 g/mol. The second kappa shape index (κ2) is 7.97. The van der Waals surface area contributed by atoms with Crippen LogP contribution in [0.3, 0.4) is 0 Å². The van der Waals surface area contributed by atoms with E-state index in [2.05, 4.69) is 5.32 Å². The molecule has 4 nitrogen and oxygen atoms in total. The Labute approximate surface area is 132 Å². The number of carbonyl (C=O) groups excluding carboxylic acids is 2. The Morgan fingerprint density at radius 2 is 1.82 bits per heavy atom. The van der Waals surface area contributed by atoms with E-state index in [9.17, 15) is 9.59 Å². The number of hydrogen-bond acceptors (Lipinski definition) is 2. The molecule has 22 heavy (non-hydrogen) atoms. The maximum Gasteiger partial charge on any atom is 0.226 e. The number of carbonyl (C=O) groups is 2. The Morgan fingerprint density at radius 1 is 1.18 bits per heavy atom. The Hall–Kier alpha value is -1.84. The minimum Gasteiger partial charge on any atom is -0.353 e. The van der Waals surface area contributed by atoms with Crippen molar-refractivity contribution in [2.75, 3.05) is 13.1 Å². The van der Waals surface area contributed by atoms with Gasteiger partial charge >= 0.3 is 0 Å². The third-order valence-electron chi connectivity index (χ3n) is 4.17. The van der Waals surface area contributed by atoms with Gasteiger partial charge in [0.1, 0.15) is 0 Å². The van der Waals surface area contributed by atoms with Crippen LogP contribution in [0.15, 0.2) is 24.3 Å². The lowest BCUT2D eigenvalue weighted by molar-refractivity contribution is -0.131. The van der Waals surface area contributed by atoms with Gasteiger partial charge in [-0.2, -0.15) is 0 Å². The summed E-state index contributed by atoms with van der Waals surface area (Å²) in [6, 6.07) is 8.34. The zero-order valence-corrected chi connectivity index (χ0v) is 13.6. The fraction of sp³-hybridized carbons (Fsp3) is 0.556. The second-order valence-electron chi connectivity index (χ2n) is 6.13. The van der Waals surface area contributed by atoms with Crippen molar-refractivity contribution in [1.29, 1.82) is 0 Å². The lowest BCUT2D eigenvalue weighted by atomic mass is 10.0. The van der Waals surface area contributed by atoms with Crippen molar-refractivity contribution in [3.05, 3.63) is 35.4 Å². The smallest absolute Gasteiger partial charge is 0.226 e. The molecule has 1 aromatic carbocycles. The zero-order valence-electron chi connectivity index (χ0n) is 13.6. The molecular formula is C18H26N2O2. The standard InChI is InChI=1S/C18H26N2O2/c1-3-4-17(21)19-16-9-11-20(12-10-16)18(22)13-15-7-5-14(2)6-8-15/h5-8,16H,3-4,9-13H2,1-2H3,(H,19,21). The molecule has 4 heteroatoms. The van der Waals surface area contributed by atoms with Crippen LogP contribution in [0, 0.1) is 6.92 Å². The quantitative estimate of drug-likeness (QED) is 0.908. The molecule has 0 atom stereocenters. The van der Waals surface area contributed by atoms with Gasteiger partial charge in [-0.05, 0) is 31.7 Å². The lowest BCUT2D eigenvalue weighted by Gasteiger charge is -2.32. The summed E-state index contributed by atoms with van der Waals surface area (Å²) in [5.74, 6) is 0.314. The second-order valence-corrected chi connectivity index (χ2v) is 6.13. The van der Waals surface area contributed by atoms with Crippen LogP contribution in [0.4, 0.5) is 0 Å². The van der Waals surface area contributed by atoms with Gasteiger partial charge in [-0.25, -0.2) is 0 Å². The SMILES string of the molecule is CCCC(=O)NC1CCN(C(=O)Cc2ccc(C)cc2)CC1. The van der Waals surface area contributed by atoms with E-state index >= 15 is 0 Å². The maximum atomic E-state index is 12.3. The van der Waals surface area contributed by atoms with Crippen LogP contribution < -0.4 is 5.32 Å². The van der Waals surface area contributed by atoms with Gasteiger partial charge in [0.2, 0.25) is 11.8 Å². The van der Waals surface area contributed by atoms with Crippen molar-refractivity contribution < 1.29 is 9.59 Å². The molecule has 0 aliphatic carbocycles. The molecule has 1 fully saturated rings. The first kappa shape index (κ1) is 16.5. The Balaban J connectivity index is 1.77. The van der Waals surface area contributed by atoms with Crippen LogP contribution in [0.25, 0.3) is 0 Å². The summed E-state index contributed by atoms with van der Waals surface area (Å²) in [6.45, 7) is 5.53. The first-order valence-electron chi connectivity index (χ1n) is 8.21. The van der Waals surface area contributed by atoms with Gasteiger partial charge in [-0.3, -0.25) is 9.59 Å². The normalized spacial score (nSPS) is 15.6. The number of nitrogens with one attached hydrogen (secondary N) is 1. The van der Waals surface area contributed by atoms with Gasteiger partial charge in [0.05, 0.1) is 6.42 Å². The number of aryl methyl sites for hydroxylation is 1. The van der Waals surface area contributed by atoms with Gasteiger partial charge < -0.3 is 10.2 Å². The van der Waals surface area contributed by atoms with E-state index in [4.69, 9.17) is 0 Å². The molecule has 2 amide bonds. The number of rotatable bonds is 5. The molecule has 1 aromatic rings. The minimum atomic E-state index is 0.131. The van der Waals surface area contributed by atoms with Crippen LogP contribution in [0.1, 0.15) is 43.7 Å². The lowest BCUT2D eigenvalue weighted by Crippen LogP contribution is -2.46. The highest BCUT2D eigenvalue weighted by Crippen LogP contribution is 2.13. The third-order valence-corrected chi connectivity index (χ3v) is 4.17. The van der Waals surface area contributed by atoms with Crippen LogP contribution in [0.2, 0.25) is 0 Å². The zero-order chi connectivity index (χ0) is 15.9. The number of likely N-dealkylation sites (tertiary alicyclic amines) is 1. The summed E-state index contributed by atoms with van der Waals surface area (Å²) in [4.78, 5) is 25.8. The van der Waals surface area contributed by atoms with Crippen LogP contribution in [-0.4, -0.2) is 35.8 Å². The molecule has 1 aliphatic rings. The van der Waals surface area contributed by atoms with Crippen molar-refractivity contribution >= 4 is 11.8 Å². The van der Waals surface area contributed by atoms with Gasteiger partial charge in [-0.15, -0.1) is 0 Å². The van der Waals surface area contributed by atoms with Gasteiger partial charge in [-0.1, -0.05) is 36.8 Å². The fourth-order valence-corrected chi connectivity index (χ4v) is 2.79. The average Bonchev–Trinajstić information content (AvgIpc) is 2.50. The summed E-state index contributed by atoms with van der Waals surface area (Å²) < 4.78 is 0. The van der Waals surface area contributed by atoms with Crippen molar-refractivity contribution in [3.8, 4) is 0 Å². The number of amides is 2. The molecule has 1 saturated heterocycles. The first-order valence-corrected chi connectivity index (χ1v) is 8.21. The maximum absolute atomic E-state index is 12.3. The van der Waals surface area contributed by atoms with Crippen molar-refractivity contribution in [2.45, 2.75) is 52.0 Å². The van der Waals surface area contributed by atoms with Crippen molar-refractivity contribution in [3.63, 3.8) is 0 Å².